The molecule has 2 N–H and O–H groups in total. The molecule has 0 heterocycles. The fourth-order valence-corrected chi connectivity index (χ4v) is 2.04. The molecule has 0 bridgehead atoms. The maximum Gasteiger partial charge on any atom is 0.129 e. The lowest BCUT2D eigenvalue weighted by Gasteiger charge is -2.13. The van der Waals surface area contributed by atoms with Crippen molar-refractivity contribution in [1.29, 1.82) is 0 Å². The summed E-state index contributed by atoms with van der Waals surface area (Å²) in [5.74, 6) is -0.194. The van der Waals surface area contributed by atoms with E-state index in [9.17, 15) is 13.9 Å². The van der Waals surface area contributed by atoms with Crippen molar-refractivity contribution >= 4 is 0 Å². The number of aliphatic hydroxyl groups is 1. The van der Waals surface area contributed by atoms with Gasteiger partial charge in [0.2, 0.25) is 0 Å². The average Bonchev–Trinajstić information content (AvgIpc) is 3.15. The Kier molecular flexibility index (Phi) is 4.66. The van der Waals surface area contributed by atoms with Crippen LogP contribution >= 0.6 is 0 Å². The zero-order chi connectivity index (χ0) is 13.0. The number of hydrogen-bond donors (Lipinski definition) is 2. The Balaban J connectivity index is 1.72. The molecule has 1 aromatic rings. The summed E-state index contributed by atoms with van der Waals surface area (Å²) in [5, 5.41) is 12.9. The van der Waals surface area contributed by atoms with Crippen molar-refractivity contribution in [3.8, 4) is 0 Å². The topological polar surface area (TPSA) is 32.3 Å². The second-order valence-corrected chi connectivity index (χ2v) is 4.97. The van der Waals surface area contributed by atoms with Crippen molar-refractivity contribution in [3.05, 3.63) is 35.4 Å². The zero-order valence-corrected chi connectivity index (χ0v) is 10.3. The van der Waals surface area contributed by atoms with Crippen molar-refractivity contribution in [2.75, 3.05) is 13.1 Å². The third-order valence-corrected chi connectivity index (χ3v) is 3.32. The summed E-state index contributed by atoms with van der Waals surface area (Å²) in [6.07, 6.45) is 3.98. The Hall–Kier alpha value is -1.00. The van der Waals surface area contributed by atoms with E-state index in [2.05, 4.69) is 5.32 Å². The number of benzene rings is 1. The maximum absolute atomic E-state index is 13.4. The molecular formula is C14H19F2NO. The largest absolute Gasteiger partial charge is 0.387 e. The number of nitrogens with one attached hydrogen (secondary N) is 1. The predicted octanol–water partition coefficient (Wildman–Crippen LogP) is 2.78. The van der Waals surface area contributed by atoms with E-state index in [0.29, 0.717) is 0 Å². The lowest BCUT2D eigenvalue weighted by atomic mass is 10.1. The molecule has 0 radical (unpaired) electrons. The normalized spacial score (nSPS) is 16.8. The minimum absolute atomic E-state index is 0.0182. The smallest absolute Gasteiger partial charge is 0.129 e. The first-order valence-corrected chi connectivity index (χ1v) is 6.50. The SMILES string of the molecule is OC(CNCCCC1CC1)c1cc(F)ccc1F. The van der Waals surface area contributed by atoms with Crippen LogP contribution in [0.15, 0.2) is 18.2 Å². The molecule has 100 valence electrons. The maximum atomic E-state index is 13.4. The molecule has 1 aliphatic rings. The molecule has 1 saturated carbocycles. The molecule has 1 atom stereocenters. The van der Waals surface area contributed by atoms with Gasteiger partial charge in [-0.1, -0.05) is 12.8 Å². The molecule has 0 aromatic heterocycles. The van der Waals surface area contributed by atoms with Crippen LogP contribution < -0.4 is 5.32 Å². The summed E-state index contributed by atoms with van der Waals surface area (Å²) < 4.78 is 26.3. The minimum Gasteiger partial charge on any atom is -0.387 e. The molecule has 1 aliphatic carbocycles. The highest BCUT2D eigenvalue weighted by Gasteiger charge is 2.20. The molecule has 2 rings (SSSR count). The predicted molar refractivity (Wildman–Crippen MR) is 66.1 cm³/mol. The first-order valence-electron chi connectivity index (χ1n) is 6.50. The second kappa shape index (κ2) is 6.25. The molecular weight excluding hydrogens is 236 g/mol. The van der Waals surface area contributed by atoms with E-state index in [1.54, 1.807) is 0 Å². The monoisotopic (exact) mass is 255 g/mol. The average molecular weight is 255 g/mol. The van der Waals surface area contributed by atoms with Gasteiger partial charge in [0.15, 0.2) is 0 Å². The van der Waals surface area contributed by atoms with Gasteiger partial charge in [-0.25, -0.2) is 8.78 Å². The van der Waals surface area contributed by atoms with Crippen LogP contribution in [-0.4, -0.2) is 18.2 Å². The highest BCUT2D eigenvalue weighted by Crippen LogP contribution is 2.33. The van der Waals surface area contributed by atoms with E-state index in [0.717, 1.165) is 37.1 Å². The molecule has 1 unspecified atom stereocenters. The molecule has 1 aromatic carbocycles. The lowest BCUT2D eigenvalue weighted by Crippen LogP contribution is -2.23. The van der Waals surface area contributed by atoms with Crippen molar-refractivity contribution < 1.29 is 13.9 Å². The number of aliphatic hydroxyl groups excluding tert-OH is 1. The van der Waals surface area contributed by atoms with E-state index in [4.69, 9.17) is 0 Å². The van der Waals surface area contributed by atoms with Crippen molar-refractivity contribution in [1.82, 2.24) is 5.32 Å². The van der Waals surface area contributed by atoms with Crippen molar-refractivity contribution in [3.63, 3.8) is 0 Å². The molecule has 0 spiro atoms. The lowest BCUT2D eigenvalue weighted by molar-refractivity contribution is 0.169. The van der Waals surface area contributed by atoms with Crippen LogP contribution in [0.3, 0.4) is 0 Å². The summed E-state index contributed by atoms with van der Waals surface area (Å²) in [6.45, 7) is 1.07. The van der Waals surface area contributed by atoms with Crippen LogP contribution in [0.2, 0.25) is 0 Å². The van der Waals surface area contributed by atoms with Gasteiger partial charge in [-0.3, -0.25) is 0 Å². The highest BCUT2D eigenvalue weighted by molar-refractivity contribution is 5.21. The van der Waals surface area contributed by atoms with Gasteiger partial charge in [-0.15, -0.1) is 0 Å². The van der Waals surface area contributed by atoms with Gasteiger partial charge < -0.3 is 10.4 Å². The van der Waals surface area contributed by atoms with Gasteiger partial charge in [0.25, 0.3) is 0 Å². The second-order valence-electron chi connectivity index (χ2n) is 4.97. The zero-order valence-electron chi connectivity index (χ0n) is 10.3. The van der Waals surface area contributed by atoms with Gasteiger partial charge in [0.05, 0.1) is 6.10 Å². The Morgan fingerprint density at radius 1 is 1.33 bits per heavy atom. The van der Waals surface area contributed by atoms with Crippen LogP contribution in [0, 0.1) is 17.6 Å². The van der Waals surface area contributed by atoms with Gasteiger partial charge >= 0.3 is 0 Å². The summed E-state index contributed by atoms with van der Waals surface area (Å²) >= 11 is 0. The summed E-state index contributed by atoms with van der Waals surface area (Å²) in [7, 11) is 0. The Morgan fingerprint density at radius 3 is 2.83 bits per heavy atom. The fourth-order valence-electron chi connectivity index (χ4n) is 2.04. The Labute approximate surface area is 106 Å². The Morgan fingerprint density at radius 2 is 2.11 bits per heavy atom. The fraction of sp³-hybridized carbons (Fsp3) is 0.571. The van der Waals surface area contributed by atoms with Crippen molar-refractivity contribution in [2.24, 2.45) is 5.92 Å². The van der Waals surface area contributed by atoms with Crippen LogP contribution in [0.1, 0.15) is 37.4 Å². The molecule has 2 nitrogen and oxygen atoms in total. The van der Waals surface area contributed by atoms with Gasteiger partial charge in [-0.05, 0) is 43.5 Å². The molecule has 0 amide bonds. The van der Waals surface area contributed by atoms with Gasteiger partial charge in [0, 0.05) is 12.1 Å². The van der Waals surface area contributed by atoms with E-state index in [1.165, 1.54) is 19.3 Å². The first-order chi connectivity index (χ1) is 8.66. The standard InChI is InChI=1S/C14H19F2NO/c15-11-5-6-13(16)12(8-11)14(18)9-17-7-1-2-10-3-4-10/h5-6,8,10,14,17-18H,1-4,7,9H2. The van der Waals surface area contributed by atoms with Crippen LogP contribution in [0.25, 0.3) is 0 Å². The quantitative estimate of drug-likeness (QED) is 0.734. The van der Waals surface area contributed by atoms with Crippen LogP contribution in [-0.2, 0) is 0 Å². The number of halogens is 2. The highest BCUT2D eigenvalue weighted by atomic mass is 19.1. The number of hydrogen-bond acceptors (Lipinski definition) is 2. The van der Waals surface area contributed by atoms with Gasteiger partial charge in [0.1, 0.15) is 11.6 Å². The first kappa shape index (κ1) is 13.4. The third kappa shape index (κ3) is 4.03. The van der Waals surface area contributed by atoms with Crippen LogP contribution in [0.4, 0.5) is 8.78 Å². The number of rotatable bonds is 7. The molecule has 18 heavy (non-hydrogen) atoms. The van der Waals surface area contributed by atoms with Gasteiger partial charge in [-0.2, -0.15) is 0 Å². The van der Waals surface area contributed by atoms with E-state index in [-0.39, 0.29) is 12.1 Å². The Bertz CT molecular complexity index is 393. The van der Waals surface area contributed by atoms with E-state index < -0.39 is 17.7 Å². The summed E-state index contributed by atoms with van der Waals surface area (Å²) in [5.41, 5.74) is 0.0182. The third-order valence-electron chi connectivity index (χ3n) is 3.32. The van der Waals surface area contributed by atoms with E-state index in [1.807, 2.05) is 0 Å². The molecule has 0 aliphatic heterocycles. The van der Waals surface area contributed by atoms with E-state index >= 15 is 0 Å². The van der Waals surface area contributed by atoms with Crippen LogP contribution in [0.5, 0.6) is 0 Å². The molecule has 1 fully saturated rings. The molecule has 0 saturated heterocycles. The summed E-state index contributed by atoms with van der Waals surface area (Å²) in [6, 6.07) is 3.14. The van der Waals surface area contributed by atoms with Crippen molar-refractivity contribution in [2.45, 2.75) is 31.8 Å². The summed E-state index contributed by atoms with van der Waals surface area (Å²) in [4.78, 5) is 0. The molecule has 4 heteroatoms. The minimum atomic E-state index is -0.998.